The summed E-state index contributed by atoms with van der Waals surface area (Å²) in [6.07, 6.45) is 0. The van der Waals surface area contributed by atoms with Crippen LogP contribution in [0.5, 0.6) is 0 Å². The number of benzene rings is 10. The molecule has 0 unspecified atom stereocenters. The van der Waals surface area contributed by atoms with E-state index in [4.69, 9.17) is 4.42 Å². The molecule has 0 saturated heterocycles. The molecule has 0 fully saturated rings. The molecule has 0 amide bonds. The lowest BCUT2D eigenvalue weighted by Gasteiger charge is -2.33. The van der Waals surface area contributed by atoms with Gasteiger partial charge in [-0.1, -0.05) is 194 Å². The van der Waals surface area contributed by atoms with E-state index < -0.39 is 5.41 Å². The van der Waals surface area contributed by atoms with Crippen LogP contribution in [0.1, 0.15) is 22.3 Å². The van der Waals surface area contributed by atoms with Gasteiger partial charge < -0.3 is 9.32 Å². The van der Waals surface area contributed by atoms with Gasteiger partial charge in [-0.05, 0) is 121 Å². The van der Waals surface area contributed by atoms with Crippen molar-refractivity contribution in [2.75, 3.05) is 4.90 Å². The van der Waals surface area contributed by atoms with Gasteiger partial charge in [0.15, 0.2) is 0 Å². The normalized spacial score (nSPS) is 12.6. The first kappa shape index (κ1) is 36.6. The Balaban J connectivity index is 0.963. The van der Waals surface area contributed by atoms with E-state index in [0.29, 0.717) is 0 Å². The zero-order valence-electron chi connectivity index (χ0n) is 34.5. The van der Waals surface area contributed by atoms with E-state index in [1.165, 1.54) is 55.6 Å². The molecule has 12 rings (SSSR count). The van der Waals surface area contributed by atoms with Crippen LogP contribution in [-0.2, 0) is 5.41 Å². The van der Waals surface area contributed by atoms with E-state index in [0.717, 1.165) is 50.1 Å². The quantitative estimate of drug-likeness (QED) is 0.152. The summed E-state index contributed by atoms with van der Waals surface area (Å²) in [4.78, 5) is 2.36. The monoisotopic (exact) mass is 803 g/mol. The molecule has 1 aliphatic carbocycles. The Morgan fingerprint density at radius 1 is 0.286 bits per heavy atom. The van der Waals surface area contributed by atoms with E-state index in [-0.39, 0.29) is 0 Å². The summed E-state index contributed by atoms with van der Waals surface area (Å²) in [5.41, 5.74) is 19.1. The van der Waals surface area contributed by atoms with Crippen molar-refractivity contribution in [1.29, 1.82) is 0 Å². The zero-order chi connectivity index (χ0) is 41.7. The van der Waals surface area contributed by atoms with Crippen molar-refractivity contribution in [2.24, 2.45) is 0 Å². The van der Waals surface area contributed by atoms with Crippen LogP contribution in [0, 0.1) is 0 Å². The first-order valence-electron chi connectivity index (χ1n) is 21.7. The predicted octanol–water partition coefficient (Wildman–Crippen LogP) is 16.4. The molecule has 1 aromatic heterocycles. The molecule has 0 aliphatic heterocycles. The SMILES string of the molecule is c1ccc(-c2ccc(N(c3cccc(-c4ccccc4)c3)c3cccc(-c4ccc5oc6cc(C7(c8ccccc8)c8ccccc8-c8ccccc87)ccc6c5c4)c3)cc2)cc1. The maximum absolute atomic E-state index is 6.76. The average molecular weight is 804 g/mol. The summed E-state index contributed by atoms with van der Waals surface area (Å²) in [7, 11) is 0. The maximum atomic E-state index is 6.76. The molecule has 63 heavy (non-hydrogen) atoms. The zero-order valence-corrected chi connectivity index (χ0v) is 34.5. The fourth-order valence-electron chi connectivity index (χ4n) is 10.1. The number of anilines is 3. The topological polar surface area (TPSA) is 16.4 Å². The maximum Gasteiger partial charge on any atom is 0.135 e. The molecular weight excluding hydrogens is 763 g/mol. The van der Waals surface area contributed by atoms with Crippen LogP contribution in [0.25, 0.3) is 66.4 Å². The first-order valence-corrected chi connectivity index (χ1v) is 21.7. The Morgan fingerprint density at radius 2 is 0.778 bits per heavy atom. The minimum Gasteiger partial charge on any atom is -0.456 e. The molecule has 0 N–H and O–H groups in total. The molecule has 2 nitrogen and oxygen atoms in total. The van der Waals surface area contributed by atoms with Crippen molar-refractivity contribution in [3.05, 3.63) is 271 Å². The largest absolute Gasteiger partial charge is 0.456 e. The lowest BCUT2D eigenvalue weighted by atomic mass is 9.67. The second-order valence-corrected chi connectivity index (χ2v) is 16.4. The van der Waals surface area contributed by atoms with E-state index in [1.807, 2.05) is 0 Å². The van der Waals surface area contributed by atoms with Crippen LogP contribution in [0.2, 0.25) is 0 Å². The second-order valence-electron chi connectivity index (χ2n) is 16.4. The van der Waals surface area contributed by atoms with Crippen molar-refractivity contribution in [3.63, 3.8) is 0 Å². The van der Waals surface area contributed by atoms with Crippen LogP contribution in [0.15, 0.2) is 253 Å². The van der Waals surface area contributed by atoms with Gasteiger partial charge in [0, 0.05) is 27.8 Å². The van der Waals surface area contributed by atoms with E-state index in [9.17, 15) is 0 Å². The highest BCUT2D eigenvalue weighted by Crippen LogP contribution is 2.56. The van der Waals surface area contributed by atoms with Gasteiger partial charge in [-0.25, -0.2) is 0 Å². The Kier molecular flexibility index (Phi) is 8.76. The molecular formula is C61H41NO. The molecule has 1 aliphatic rings. The van der Waals surface area contributed by atoms with Crippen LogP contribution in [-0.4, -0.2) is 0 Å². The Hall–Kier alpha value is -8.20. The predicted molar refractivity (Wildman–Crippen MR) is 262 cm³/mol. The number of fused-ring (bicyclic) bond motifs is 6. The van der Waals surface area contributed by atoms with Crippen molar-refractivity contribution >= 4 is 39.0 Å². The van der Waals surface area contributed by atoms with Crippen LogP contribution in [0.3, 0.4) is 0 Å². The van der Waals surface area contributed by atoms with Crippen LogP contribution < -0.4 is 4.90 Å². The molecule has 11 aromatic rings. The average Bonchev–Trinajstić information content (AvgIpc) is 3.88. The highest BCUT2D eigenvalue weighted by molar-refractivity contribution is 6.07. The number of nitrogens with zero attached hydrogens (tertiary/aromatic N) is 1. The molecule has 0 bridgehead atoms. The smallest absolute Gasteiger partial charge is 0.135 e. The van der Waals surface area contributed by atoms with Gasteiger partial charge >= 0.3 is 0 Å². The Morgan fingerprint density at radius 3 is 1.41 bits per heavy atom. The molecule has 0 atom stereocenters. The summed E-state index contributed by atoms with van der Waals surface area (Å²) in [6, 6.07) is 90.0. The molecule has 10 aromatic carbocycles. The number of rotatable bonds is 8. The fraction of sp³-hybridized carbons (Fsp3) is 0.0164. The van der Waals surface area contributed by atoms with Crippen LogP contribution >= 0.6 is 0 Å². The number of hydrogen-bond donors (Lipinski definition) is 0. The minimum absolute atomic E-state index is 0.485. The van der Waals surface area contributed by atoms with Crippen molar-refractivity contribution in [2.45, 2.75) is 5.41 Å². The van der Waals surface area contributed by atoms with Gasteiger partial charge in [0.1, 0.15) is 11.2 Å². The minimum atomic E-state index is -0.485. The molecule has 1 heterocycles. The third-order valence-corrected chi connectivity index (χ3v) is 12.9. The Labute approximate surface area is 367 Å². The molecule has 2 heteroatoms. The highest BCUT2D eigenvalue weighted by atomic mass is 16.3. The second kappa shape index (κ2) is 15.1. The van der Waals surface area contributed by atoms with E-state index in [1.54, 1.807) is 0 Å². The number of hydrogen-bond acceptors (Lipinski definition) is 2. The van der Waals surface area contributed by atoms with Gasteiger partial charge in [-0.15, -0.1) is 0 Å². The molecule has 0 spiro atoms. The van der Waals surface area contributed by atoms with Gasteiger partial charge in [0.2, 0.25) is 0 Å². The van der Waals surface area contributed by atoms with Gasteiger partial charge in [0.25, 0.3) is 0 Å². The Bertz CT molecular complexity index is 3400. The molecule has 296 valence electrons. The third-order valence-electron chi connectivity index (χ3n) is 12.9. The summed E-state index contributed by atoms with van der Waals surface area (Å²) >= 11 is 0. The van der Waals surface area contributed by atoms with Crippen molar-refractivity contribution in [3.8, 4) is 44.5 Å². The standard InChI is InChI=1S/C61H41NO/c1-4-16-42(17-5-1)44-30-34-50(35-31-44)62(51-24-14-20-45(38-51)43-18-6-2-7-19-43)52-25-15-21-46(39-52)47-32-37-59-56(40-47)55-36-33-49(41-60(55)63-59)61(48-22-8-3-9-23-48)57-28-12-10-26-53(57)54-27-11-13-29-58(54)61/h1-41H. The molecule has 0 saturated carbocycles. The summed E-state index contributed by atoms with van der Waals surface area (Å²) in [5.74, 6) is 0. The lowest BCUT2D eigenvalue weighted by Crippen LogP contribution is -2.28. The summed E-state index contributed by atoms with van der Waals surface area (Å²) < 4.78 is 6.76. The first-order chi connectivity index (χ1) is 31.2. The van der Waals surface area contributed by atoms with Gasteiger partial charge in [-0.3, -0.25) is 0 Å². The van der Waals surface area contributed by atoms with Gasteiger partial charge in [0.05, 0.1) is 5.41 Å². The summed E-state index contributed by atoms with van der Waals surface area (Å²) in [5, 5.41) is 2.21. The summed E-state index contributed by atoms with van der Waals surface area (Å²) in [6.45, 7) is 0. The fourth-order valence-corrected chi connectivity index (χ4v) is 10.1. The van der Waals surface area contributed by atoms with E-state index >= 15 is 0 Å². The van der Waals surface area contributed by atoms with Crippen LogP contribution in [0.4, 0.5) is 17.1 Å². The van der Waals surface area contributed by atoms with E-state index in [2.05, 4.69) is 254 Å². The number of furan rings is 1. The van der Waals surface area contributed by atoms with Crippen molar-refractivity contribution in [1.82, 2.24) is 0 Å². The third kappa shape index (κ3) is 6.10. The lowest BCUT2D eigenvalue weighted by molar-refractivity contribution is 0.665. The highest BCUT2D eigenvalue weighted by Gasteiger charge is 2.46. The molecule has 0 radical (unpaired) electrons. The van der Waals surface area contributed by atoms with Gasteiger partial charge in [-0.2, -0.15) is 0 Å². The van der Waals surface area contributed by atoms with Crippen molar-refractivity contribution < 1.29 is 4.42 Å².